The third kappa shape index (κ3) is 3.65. The van der Waals surface area contributed by atoms with Crippen molar-refractivity contribution in [3.05, 3.63) is 29.3 Å². The van der Waals surface area contributed by atoms with Crippen LogP contribution in [0.2, 0.25) is 0 Å². The quantitative estimate of drug-likeness (QED) is 0.841. The summed E-state index contributed by atoms with van der Waals surface area (Å²) in [6.45, 7) is 3.42. The molecule has 118 valence electrons. The third-order valence-corrected chi connectivity index (χ3v) is 6.19. The summed E-state index contributed by atoms with van der Waals surface area (Å²) in [6.07, 6.45) is 4.45. The highest BCUT2D eigenvalue weighted by atomic mass is 32.2. The van der Waals surface area contributed by atoms with Crippen molar-refractivity contribution < 1.29 is 8.42 Å². The molecule has 1 aliphatic carbocycles. The van der Waals surface area contributed by atoms with Crippen LogP contribution in [0.1, 0.15) is 37.3 Å². The fourth-order valence-electron chi connectivity index (χ4n) is 2.78. The molecule has 0 aliphatic heterocycles. The molecule has 0 atom stereocenters. The fraction of sp³-hybridized carbons (Fsp3) is 0.625. The summed E-state index contributed by atoms with van der Waals surface area (Å²) in [4.78, 5) is 0.409. The van der Waals surface area contributed by atoms with Crippen LogP contribution in [0.3, 0.4) is 0 Å². The number of hydrogen-bond acceptors (Lipinski definition) is 3. The molecular formula is C16H26N2O2S. The van der Waals surface area contributed by atoms with Gasteiger partial charge in [0.1, 0.15) is 0 Å². The van der Waals surface area contributed by atoms with E-state index in [0.717, 1.165) is 24.8 Å². The highest BCUT2D eigenvalue weighted by molar-refractivity contribution is 7.89. The Labute approximate surface area is 128 Å². The Hall–Kier alpha value is -0.910. The largest absolute Gasteiger partial charge is 0.316 e. The molecule has 0 heterocycles. The van der Waals surface area contributed by atoms with Crippen LogP contribution in [-0.4, -0.2) is 33.4 Å². The molecule has 4 nitrogen and oxygen atoms in total. The van der Waals surface area contributed by atoms with Gasteiger partial charge in [-0.15, -0.1) is 0 Å². The van der Waals surface area contributed by atoms with Gasteiger partial charge in [0.15, 0.2) is 0 Å². The molecule has 0 saturated heterocycles. The molecule has 1 aromatic carbocycles. The van der Waals surface area contributed by atoms with Crippen LogP contribution in [-0.2, 0) is 23.0 Å². The number of sulfonamides is 1. The van der Waals surface area contributed by atoms with E-state index in [1.807, 2.05) is 19.2 Å². The predicted octanol–water partition coefficient (Wildman–Crippen LogP) is 2.39. The van der Waals surface area contributed by atoms with Crippen molar-refractivity contribution in [1.82, 2.24) is 9.62 Å². The summed E-state index contributed by atoms with van der Waals surface area (Å²) in [5, 5.41) is 3.11. The van der Waals surface area contributed by atoms with Gasteiger partial charge in [0.2, 0.25) is 10.0 Å². The Balaban J connectivity index is 2.23. The van der Waals surface area contributed by atoms with E-state index in [0.29, 0.717) is 23.9 Å². The minimum absolute atomic E-state index is 0.409. The molecule has 21 heavy (non-hydrogen) atoms. The van der Waals surface area contributed by atoms with Crippen LogP contribution in [0, 0.1) is 5.92 Å². The van der Waals surface area contributed by atoms with E-state index in [9.17, 15) is 8.42 Å². The van der Waals surface area contributed by atoms with Crippen molar-refractivity contribution in [2.75, 3.05) is 20.6 Å². The van der Waals surface area contributed by atoms with E-state index in [1.54, 1.807) is 13.1 Å². The summed E-state index contributed by atoms with van der Waals surface area (Å²) in [6, 6.07) is 5.50. The first kappa shape index (κ1) is 16.5. The van der Waals surface area contributed by atoms with Gasteiger partial charge < -0.3 is 5.32 Å². The van der Waals surface area contributed by atoms with E-state index in [2.05, 4.69) is 12.2 Å². The maximum Gasteiger partial charge on any atom is 0.242 e. The summed E-state index contributed by atoms with van der Waals surface area (Å²) in [5.41, 5.74) is 2.27. The lowest BCUT2D eigenvalue weighted by molar-refractivity contribution is 0.263. The molecule has 1 N–H and O–H groups in total. The Morgan fingerprint density at radius 1 is 1.29 bits per heavy atom. The van der Waals surface area contributed by atoms with Gasteiger partial charge in [-0.2, -0.15) is 0 Å². The number of benzene rings is 1. The average molecular weight is 310 g/mol. The van der Waals surface area contributed by atoms with Crippen LogP contribution < -0.4 is 5.32 Å². The summed E-state index contributed by atoms with van der Waals surface area (Å²) in [7, 11) is 0.201. The second-order valence-electron chi connectivity index (χ2n) is 5.90. The lowest BCUT2D eigenvalue weighted by atomic mass is 9.86. The highest BCUT2D eigenvalue weighted by Crippen LogP contribution is 2.29. The molecule has 5 heteroatoms. The van der Waals surface area contributed by atoms with Crippen molar-refractivity contribution in [2.24, 2.45) is 5.92 Å². The smallest absolute Gasteiger partial charge is 0.242 e. The Bertz CT molecular complexity index is 580. The molecule has 1 saturated carbocycles. The van der Waals surface area contributed by atoms with Crippen molar-refractivity contribution in [3.63, 3.8) is 0 Å². The van der Waals surface area contributed by atoms with Crippen molar-refractivity contribution in [3.8, 4) is 0 Å². The van der Waals surface area contributed by atoms with Crippen LogP contribution in [0.25, 0.3) is 0 Å². The standard InChI is InChI=1S/C16H26N2O2S/c1-4-14-8-9-16(10-15(14)11-17-2)21(19,20)18(3)12-13-6-5-7-13/h8-10,13,17H,4-7,11-12H2,1-3H3. The molecule has 0 unspecified atom stereocenters. The van der Waals surface area contributed by atoms with Gasteiger partial charge >= 0.3 is 0 Å². The number of hydrogen-bond donors (Lipinski definition) is 1. The normalized spacial score (nSPS) is 16.2. The van der Waals surface area contributed by atoms with Crippen LogP contribution in [0.4, 0.5) is 0 Å². The van der Waals surface area contributed by atoms with Crippen LogP contribution in [0.15, 0.2) is 23.1 Å². The lowest BCUT2D eigenvalue weighted by Crippen LogP contribution is -2.34. The van der Waals surface area contributed by atoms with Gasteiger partial charge in [0, 0.05) is 20.1 Å². The summed E-state index contributed by atoms with van der Waals surface area (Å²) in [5.74, 6) is 0.538. The number of nitrogens with one attached hydrogen (secondary N) is 1. The van der Waals surface area contributed by atoms with E-state index in [-0.39, 0.29) is 0 Å². The maximum atomic E-state index is 12.7. The van der Waals surface area contributed by atoms with Crippen LogP contribution in [0.5, 0.6) is 0 Å². The molecule has 1 aliphatic rings. The molecule has 0 amide bonds. The fourth-order valence-corrected chi connectivity index (χ4v) is 4.08. The molecule has 0 radical (unpaired) electrons. The minimum Gasteiger partial charge on any atom is -0.316 e. The van der Waals surface area contributed by atoms with E-state index in [4.69, 9.17) is 0 Å². The Morgan fingerprint density at radius 2 is 2.00 bits per heavy atom. The lowest BCUT2D eigenvalue weighted by Gasteiger charge is -2.29. The van der Waals surface area contributed by atoms with E-state index in [1.165, 1.54) is 16.3 Å². The van der Waals surface area contributed by atoms with Gasteiger partial charge in [-0.25, -0.2) is 12.7 Å². The Kier molecular flexibility index (Phi) is 5.41. The summed E-state index contributed by atoms with van der Waals surface area (Å²) >= 11 is 0. The maximum absolute atomic E-state index is 12.7. The van der Waals surface area contributed by atoms with E-state index >= 15 is 0 Å². The topological polar surface area (TPSA) is 49.4 Å². The SMILES string of the molecule is CCc1ccc(S(=O)(=O)N(C)CC2CCC2)cc1CNC. The zero-order valence-electron chi connectivity index (χ0n) is 13.2. The first-order chi connectivity index (χ1) is 9.98. The van der Waals surface area contributed by atoms with Crippen molar-refractivity contribution in [2.45, 2.75) is 44.0 Å². The average Bonchev–Trinajstić information content (AvgIpc) is 2.42. The number of aryl methyl sites for hydroxylation is 1. The highest BCUT2D eigenvalue weighted by Gasteiger charge is 2.27. The van der Waals surface area contributed by atoms with Gasteiger partial charge in [-0.05, 0) is 55.5 Å². The van der Waals surface area contributed by atoms with Gasteiger partial charge in [0.25, 0.3) is 0 Å². The monoisotopic (exact) mass is 310 g/mol. The van der Waals surface area contributed by atoms with E-state index < -0.39 is 10.0 Å². The van der Waals surface area contributed by atoms with Crippen molar-refractivity contribution >= 4 is 10.0 Å². The number of nitrogens with zero attached hydrogens (tertiary/aromatic N) is 1. The van der Waals surface area contributed by atoms with Crippen molar-refractivity contribution in [1.29, 1.82) is 0 Å². The Morgan fingerprint density at radius 3 is 2.52 bits per heavy atom. The summed E-state index contributed by atoms with van der Waals surface area (Å²) < 4.78 is 26.9. The van der Waals surface area contributed by atoms with Gasteiger partial charge in [-0.3, -0.25) is 0 Å². The molecule has 1 aromatic rings. The molecule has 0 bridgehead atoms. The number of rotatable bonds is 7. The molecule has 2 rings (SSSR count). The molecule has 1 fully saturated rings. The van der Waals surface area contributed by atoms with Crippen LogP contribution >= 0.6 is 0 Å². The zero-order chi connectivity index (χ0) is 15.5. The first-order valence-corrected chi connectivity index (χ1v) is 9.15. The predicted molar refractivity (Wildman–Crippen MR) is 85.7 cm³/mol. The van der Waals surface area contributed by atoms with Gasteiger partial charge in [0.05, 0.1) is 4.90 Å². The zero-order valence-corrected chi connectivity index (χ0v) is 14.0. The second kappa shape index (κ2) is 6.90. The second-order valence-corrected chi connectivity index (χ2v) is 7.94. The third-order valence-electron chi connectivity index (χ3n) is 4.37. The molecule has 0 spiro atoms. The molecular weight excluding hydrogens is 284 g/mol. The van der Waals surface area contributed by atoms with Gasteiger partial charge in [-0.1, -0.05) is 19.4 Å². The first-order valence-electron chi connectivity index (χ1n) is 7.71. The molecule has 0 aromatic heterocycles. The minimum atomic E-state index is -3.37.